The third-order valence-electron chi connectivity index (χ3n) is 2.22. The summed E-state index contributed by atoms with van der Waals surface area (Å²) < 4.78 is 0. The zero-order valence-electron chi connectivity index (χ0n) is 9.96. The molecule has 0 aromatic heterocycles. The van der Waals surface area contributed by atoms with E-state index in [0.29, 0.717) is 18.9 Å². The third-order valence-corrected chi connectivity index (χ3v) is 2.22. The van der Waals surface area contributed by atoms with Crippen molar-refractivity contribution in [3.63, 3.8) is 0 Å². The number of carbonyl (C=O) groups is 1. The molecular weight excluding hydrogens is 188 g/mol. The smallest absolute Gasteiger partial charge is 0.220 e. The Labute approximate surface area is 93.1 Å². The van der Waals surface area contributed by atoms with Crippen LogP contribution in [0.1, 0.15) is 39.5 Å². The van der Waals surface area contributed by atoms with Gasteiger partial charge in [0, 0.05) is 19.0 Å². The second kappa shape index (κ2) is 8.48. The zero-order chi connectivity index (χ0) is 11.7. The molecule has 0 saturated heterocycles. The van der Waals surface area contributed by atoms with Crippen molar-refractivity contribution in [1.29, 1.82) is 0 Å². The maximum Gasteiger partial charge on any atom is 0.220 e. The average Bonchev–Trinajstić information content (AvgIpc) is 2.16. The second-order valence-corrected chi connectivity index (χ2v) is 4.31. The van der Waals surface area contributed by atoms with Gasteiger partial charge in [-0.1, -0.05) is 19.9 Å². The summed E-state index contributed by atoms with van der Waals surface area (Å²) in [5, 5.41) is 2.96. The van der Waals surface area contributed by atoms with Gasteiger partial charge in [0.05, 0.1) is 0 Å². The van der Waals surface area contributed by atoms with Crippen LogP contribution >= 0.6 is 0 Å². The van der Waals surface area contributed by atoms with Crippen LogP contribution in [0.5, 0.6) is 0 Å². The molecule has 0 aliphatic rings. The number of hydrogen-bond donors (Lipinski definition) is 2. The Bertz CT molecular complexity index is 190. The van der Waals surface area contributed by atoms with Crippen molar-refractivity contribution in [2.45, 2.75) is 45.6 Å². The molecule has 0 bridgehead atoms. The van der Waals surface area contributed by atoms with Crippen LogP contribution in [0.3, 0.4) is 0 Å². The zero-order valence-corrected chi connectivity index (χ0v) is 9.96. The standard InChI is InChI=1S/C12H24N2O/c1-4-5-6-7-12(15)14-11(9-13)8-10(2)3/h4,10-11H,1,5-9,13H2,2-3H3,(H,14,15). The first-order valence-corrected chi connectivity index (χ1v) is 5.70. The summed E-state index contributed by atoms with van der Waals surface area (Å²) in [6.45, 7) is 8.40. The van der Waals surface area contributed by atoms with Crippen molar-refractivity contribution in [1.82, 2.24) is 5.32 Å². The molecule has 0 heterocycles. The lowest BCUT2D eigenvalue weighted by atomic mass is 10.0. The highest BCUT2D eigenvalue weighted by Gasteiger charge is 2.11. The van der Waals surface area contributed by atoms with E-state index in [1.165, 1.54) is 0 Å². The molecule has 1 unspecified atom stereocenters. The lowest BCUT2D eigenvalue weighted by Gasteiger charge is -2.18. The minimum absolute atomic E-state index is 0.105. The Morgan fingerprint density at radius 2 is 2.20 bits per heavy atom. The topological polar surface area (TPSA) is 55.1 Å². The quantitative estimate of drug-likeness (QED) is 0.476. The maximum absolute atomic E-state index is 11.5. The molecule has 88 valence electrons. The molecule has 15 heavy (non-hydrogen) atoms. The Hall–Kier alpha value is -0.830. The fraction of sp³-hybridized carbons (Fsp3) is 0.750. The fourth-order valence-corrected chi connectivity index (χ4v) is 1.49. The van der Waals surface area contributed by atoms with Crippen molar-refractivity contribution < 1.29 is 4.79 Å². The Morgan fingerprint density at radius 3 is 2.67 bits per heavy atom. The van der Waals surface area contributed by atoms with E-state index in [1.807, 2.05) is 6.08 Å². The van der Waals surface area contributed by atoms with Crippen LogP contribution < -0.4 is 11.1 Å². The largest absolute Gasteiger partial charge is 0.352 e. The molecule has 0 aliphatic heterocycles. The third kappa shape index (κ3) is 8.18. The highest BCUT2D eigenvalue weighted by atomic mass is 16.1. The van der Waals surface area contributed by atoms with Crippen molar-refractivity contribution >= 4 is 5.91 Å². The van der Waals surface area contributed by atoms with Gasteiger partial charge in [-0.25, -0.2) is 0 Å². The lowest BCUT2D eigenvalue weighted by molar-refractivity contribution is -0.121. The van der Waals surface area contributed by atoms with E-state index in [1.54, 1.807) is 0 Å². The number of rotatable bonds is 8. The van der Waals surface area contributed by atoms with Crippen molar-refractivity contribution in [2.75, 3.05) is 6.54 Å². The van der Waals surface area contributed by atoms with E-state index in [2.05, 4.69) is 25.7 Å². The monoisotopic (exact) mass is 212 g/mol. The molecule has 0 saturated carbocycles. The molecule has 3 N–H and O–H groups in total. The van der Waals surface area contributed by atoms with Gasteiger partial charge >= 0.3 is 0 Å². The summed E-state index contributed by atoms with van der Waals surface area (Å²) in [6, 6.07) is 0.126. The number of carbonyl (C=O) groups excluding carboxylic acids is 1. The molecule has 0 fully saturated rings. The van der Waals surface area contributed by atoms with Gasteiger partial charge in [0.15, 0.2) is 0 Å². The summed E-state index contributed by atoms with van der Waals surface area (Å²) in [5.74, 6) is 0.667. The Morgan fingerprint density at radius 1 is 1.53 bits per heavy atom. The van der Waals surface area contributed by atoms with Crippen LogP contribution in [0.15, 0.2) is 12.7 Å². The first kappa shape index (κ1) is 14.2. The Kier molecular flexibility index (Phi) is 8.01. The van der Waals surface area contributed by atoms with Crippen LogP contribution in [-0.2, 0) is 4.79 Å². The molecule has 1 atom stereocenters. The van der Waals surface area contributed by atoms with Gasteiger partial charge in [-0.15, -0.1) is 6.58 Å². The predicted molar refractivity (Wildman–Crippen MR) is 64.5 cm³/mol. The normalized spacial score (nSPS) is 12.5. The van der Waals surface area contributed by atoms with Crippen molar-refractivity contribution in [3.05, 3.63) is 12.7 Å². The van der Waals surface area contributed by atoms with Crippen LogP contribution in [0.25, 0.3) is 0 Å². The number of nitrogens with two attached hydrogens (primary N) is 1. The summed E-state index contributed by atoms with van der Waals surface area (Å²) in [4.78, 5) is 11.5. The molecule has 0 spiro atoms. The molecule has 0 rings (SSSR count). The van der Waals surface area contributed by atoms with Gasteiger partial charge in [-0.2, -0.15) is 0 Å². The molecule has 0 aliphatic carbocycles. The lowest BCUT2D eigenvalue weighted by Crippen LogP contribution is -2.40. The van der Waals surface area contributed by atoms with Crippen LogP contribution in [0, 0.1) is 5.92 Å². The van der Waals surface area contributed by atoms with E-state index < -0.39 is 0 Å². The van der Waals surface area contributed by atoms with Crippen molar-refractivity contribution in [3.8, 4) is 0 Å². The number of amides is 1. The fourth-order valence-electron chi connectivity index (χ4n) is 1.49. The van der Waals surface area contributed by atoms with Crippen LogP contribution in [-0.4, -0.2) is 18.5 Å². The van der Waals surface area contributed by atoms with Gasteiger partial charge in [0.1, 0.15) is 0 Å². The molecule has 0 aromatic rings. The van der Waals surface area contributed by atoms with Gasteiger partial charge in [0.2, 0.25) is 5.91 Å². The van der Waals surface area contributed by atoms with E-state index in [4.69, 9.17) is 5.73 Å². The number of nitrogens with one attached hydrogen (secondary N) is 1. The minimum atomic E-state index is 0.105. The van der Waals surface area contributed by atoms with E-state index in [-0.39, 0.29) is 11.9 Å². The van der Waals surface area contributed by atoms with E-state index in [0.717, 1.165) is 19.3 Å². The maximum atomic E-state index is 11.5. The number of unbranched alkanes of at least 4 members (excludes halogenated alkanes) is 1. The first-order valence-electron chi connectivity index (χ1n) is 5.70. The summed E-state index contributed by atoms with van der Waals surface area (Å²) >= 11 is 0. The molecule has 3 nitrogen and oxygen atoms in total. The summed E-state index contributed by atoms with van der Waals surface area (Å²) in [7, 11) is 0. The summed E-state index contributed by atoms with van der Waals surface area (Å²) in [6.07, 6.45) is 5.12. The minimum Gasteiger partial charge on any atom is -0.352 e. The predicted octanol–water partition coefficient (Wildman–Crippen LogP) is 1.83. The average molecular weight is 212 g/mol. The van der Waals surface area contributed by atoms with Gasteiger partial charge < -0.3 is 11.1 Å². The van der Waals surface area contributed by atoms with Gasteiger partial charge in [-0.05, 0) is 25.2 Å². The molecule has 1 amide bonds. The number of hydrogen-bond acceptors (Lipinski definition) is 2. The van der Waals surface area contributed by atoms with Gasteiger partial charge in [0.25, 0.3) is 0 Å². The first-order chi connectivity index (χ1) is 7.10. The SMILES string of the molecule is C=CCCCC(=O)NC(CN)CC(C)C. The summed E-state index contributed by atoms with van der Waals surface area (Å²) in [5.41, 5.74) is 5.59. The highest BCUT2D eigenvalue weighted by Crippen LogP contribution is 2.04. The second-order valence-electron chi connectivity index (χ2n) is 4.31. The molecule has 3 heteroatoms. The van der Waals surface area contributed by atoms with Crippen LogP contribution in [0.2, 0.25) is 0 Å². The Balaban J connectivity index is 3.75. The van der Waals surface area contributed by atoms with Crippen molar-refractivity contribution in [2.24, 2.45) is 11.7 Å². The van der Waals surface area contributed by atoms with E-state index >= 15 is 0 Å². The van der Waals surface area contributed by atoms with Crippen LogP contribution in [0.4, 0.5) is 0 Å². The van der Waals surface area contributed by atoms with Gasteiger partial charge in [-0.3, -0.25) is 4.79 Å². The van der Waals surface area contributed by atoms with E-state index in [9.17, 15) is 4.79 Å². The molecule has 0 radical (unpaired) electrons. The number of allylic oxidation sites excluding steroid dienone is 1. The molecule has 0 aromatic carbocycles. The molecular formula is C12H24N2O. The highest BCUT2D eigenvalue weighted by molar-refractivity contribution is 5.76.